The molecule has 0 saturated heterocycles. The Bertz CT molecular complexity index is 468. The second-order valence-corrected chi connectivity index (χ2v) is 3.33. The Morgan fingerprint density at radius 2 is 1.61 bits per heavy atom. The highest BCUT2D eigenvalue weighted by atomic mass is 19.4. The summed E-state index contributed by atoms with van der Waals surface area (Å²) in [5.74, 6) is -6.80. The van der Waals surface area contributed by atoms with Crippen LogP contribution in [-0.4, -0.2) is 12.1 Å². The third-order valence-corrected chi connectivity index (χ3v) is 1.99. The quantitative estimate of drug-likeness (QED) is 0.469. The van der Waals surface area contributed by atoms with Crippen LogP contribution in [0.3, 0.4) is 0 Å². The molecule has 8 heteroatoms. The average molecular weight is 272 g/mol. The molecule has 0 amide bonds. The molecule has 100 valence electrons. The predicted octanol–water partition coefficient (Wildman–Crippen LogP) is 3.27. The molecule has 0 fully saturated rings. The van der Waals surface area contributed by atoms with Gasteiger partial charge in [0.05, 0.1) is 0 Å². The second-order valence-electron chi connectivity index (χ2n) is 3.33. The van der Waals surface area contributed by atoms with E-state index in [1.54, 1.807) is 0 Å². The number of benzene rings is 1. The van der Waals surface area contributed by atoms with Crippen molar-refractivity contribution in [1.29, 1.82) is 0 Å². The lowest BCUT2D eigenvalue weighted by Gasteiger charge is -2.15. The van der Waals surface area contributed by atoms with Crippen molar-refractivity contribution in [3.8, 4) is 0 Å². The molecule has 2 nitrogen and oxygen atoms in total. The molecule has 0 heterocycles. The number of carbonyl (C=O) groups is 1. The summed E-state index contributed by atoms with van der Waals surface area (Å²) in [4.78, 5) is 10.5. The summed E-state index contributed by atoms with van der Waals surface area (Å²) in [5.41, 5.74) is -0.688. The molecular formula is C10H6F6O2. The van der Waals surface area contributed by atoms with E-state index in [9.17, 15) is 31.1 Å². The zero-order valence-corrected chi connectivity index (χ0v) is 8.82. The van der Waals surface area contributed by atoms with Gasteiger partial charge in [-0.2, -0.15) is 13.2 Å². The maximum atomic E-state index is 13.1. The van der Waals surface area contributed by atoms with Gasteiger partial charge in [0.25, 0.3) is 0 Å². The Morgan fingerprint density at radius 1 is 1.11 bits per heavy atom. The molecule has 0 N–H and O–H groups in total. The molecular weight excluding hydrogens is 266 g/mol. The summed E-state index contributed by atoms with van der Waals surface area (Å²) in [6, 6.07) is 0.488. The van der Waals surface area contributed by atoms with Crippen molar-refractivity contribution < 1.29 is 35.9 Å². The van der Waals surface area contributed by atoms with E-state index in [0.717, 1.165) is 6.92 Å². The summed E-state index contributed by atoms with van der Waals surface area (Å²) >= 11 is 0. The van der Waals surface area contributed by atoms with Crippen LogP contribution in [0.2, 0.25) is 0 Å². The fraction of sp³-hybridized carbons (Fsp3) is 0.300. The monoisotopic (exact) mass is 272 g/mol. The molecule has 0 bridgehead atoms. The third kappa shape index (κ3) is 3.14. The van der Waals surface area contributed by atoms with Crippen LogP contribution in [0.1, 0.15) is 18.6 Å². The number of rotatable bonds is 2. The molecule has 0 saturated carbocycles. The van der Waals surface area contributed by atoms with Crippen LogP contribution < -0.4 is 0 Å². The molecule has 18 heavy (non-hydrogen) atoms. The largest absolute Gasteiger partial charge is 0.490 e. The van der Waals surface area contributed by atoms with Gasteiger partial charge in [0.1, 0.15) is 11.9 Å². The first-order chi connectivity index (χ1) is 8.12. The number of hydrogen-bond acceptors (Lipinski definition) is 2. The van der Waals surface area contributed by atoms with Gasteiger partial charge in [0, 0.05) is 11.6 Å². The minimum atomic E-state index is -5.25. The van der Waals surface area contributed by atoms with Crippen LogP contribution in [0.4, 0.5) is 26.3 Å². The van der Waals surface area contributed by atoms with Gasteiger partial charge >= 0.3 is 12.1 Å². The summed E-state index contributed by atoms with van der Waals surface area (Å²) in [6.07, 6.45) is -6.95. The lowest BCUT2D eigenvalue weighted by atomic mass is 10.1. The lowest BCUT2D eigenvalue weighted by molar-refractivity contribution is -0.204. The summed E-state index contributed by atoms with van der Waals surface area (Å²) in [5, 5.41) is 0. The number of hydrogen-bond donors (Lipinski definition) is 0. The zero-order chi connectivity index (χ0) is 14.1. The van der Waals surface area contributed by atoms with Gasteiger partial charge in [-0.3, -0.25) is 0 Å². The maximum Gasteiger partial charge on any atom is 0.490 e. The van der Waals surface area contributed by atoms with Gasteiger partial charge in [0.15, 0.2) is 11.6 Å². The van der Waals surface area contributed by atoms with Crippen molar-refractivity contribution in [3.63, 3.8) is 0 Å². The van der Waals surface area contributed by atoms with Gasteiger partial charge in [-0.1, -0.05) is 0 Å². The summed E-state index contributed by atoms with van der Waals surface area (Å²) in [7, 11) is 0. The fourth-order valence-corrected chi connectivity index (χ4v) is 1.14. The lowest BCUT2D eigenvalue weighted by Crippen LogP contribution is -2.26. The van der Waals surface area contributed by atoms with E-state index in [4.69, 9.17) is 0 Å². The Morgan fingerprint density at radius 3 is 2.11 bits per heavy atom. The van der Waals surface area contributed by atoms with Gasteiger partial charge in [0.2, 0.25) is 0 Å². The molecule has 1 aromatic carbocycles. The standard InChI is InChI=1S/C10H6F6O2/c1-4(18-9(17)10(14,15)16)5-2-7(12)8(13)3-6(5)11/h2-4H,1H3. The molecule has 0 aliphatic carbocycles. The van der Waals surface area contributed by atoms with Crippen LogP contribution >= 0.6 is 0 Å². The molecule has 0 aliphatic rings. The van der Waals surface area contributed by atoms with E-state index in [0.29, 0.717) is 6.07 Å². The highest BCUT2D eigenvalue weighted by Gasteiger charge is 2.42. The summed E-state index contributed by atoms with van der Waals surface area (Å²) < 4.78 is 78.0. The first-order valence-corrected chi connectivity index (χ1v) is 4.55. The Labute approximate surface area is 97.2 Å². The highest BCUT2D eigenvalue weighted by molar-refractivity contribution is 5.75. The number of alkyl halides is 3. The van der Waals surface area contributed by atoms with E-state index in [1.807, 2.05) is 0 Å². The molecule has 0 aliphatic heterocycles. The van der Waals surface area contributed by atoms with Crippen LogP contribution in [0.5, 0.6) is 0 Å². The van der Waals surface area contributed by atoms with Crippen LogP contribution in [0, 0.1) is 17.5 Å². The van der Waals surface area contributed by atoms with E-state index >= 15 is 0 Å². The van der Waals surface area contributed by atoms with Crippen molar-refractivity contribution in [1.82, 2.24) is 0 Å². The van der Waals surface area contributed by atoms with Gasteiger partial charge in [-0.05, 0) is 13.0 Å². The number of halogens is 6. The van der Waals surface area contributed by atoms with Gasteiger partial charge < -0.3 is 4.74 Å². The average Bonchev–Trinajstić information content (AvgIpc) is 2.21. The third-order valence-electron chi connectivity index (χ3n) is 1.99. The van der Waals surface area contributed by atoms with Crippen molar-refractivity contribution >= 4 is 5.97 Å². The Kier molecular flexibility index (Phi) is 3.88. The molecule has 1 atom stereocenters. The van der Waals surface area contributed by atoms with Gasteiger partial charge in [-0.15, -0.1) is 0 Å². The van der Waals surface area contributed by atoms with Crippen LogP contribution in [-0.2, 0) is 9.53 Å². The molecule has 0 aromatic heterocycles. The minimum Gasteiger partial charge on any atom is -0.451 e. The van der Waals surface area contributed by atoms with E-state index in [2.05, 4.69) is 4.74 Å². The van der Waals surface area contributed by atoms with Crippen molar-refractivity contribution in [2.75, 3.05) is 0 Å². The number of ether oxygens (including phenoxy) is 1. The predicted molar refractivity (Wildman–Crippen MR) is 46.9 cm³/mol. The topological polar surface area (TPSA) is 26.3 Å². The fourth-order valence-electron chi connectivity index (χ4n) is 1.14. The van der Waals surface area contributed by atoms with Crippen LogP contribution in [0.25, 0.3) is 0 Å². The van der Waals surface area contributed by atoms with Crippen LogP contribution in [0.15, 0.2) is 12.1 Å². The van der Waals surface area contributed by atoms with E-state index in [-0.39, 0.29) is 6.07 Å². The smallest absolute Gasteiger partial charge is 0.451 e. The van der Waals surface area contributed by atoms with Crippen molar-refractivity contribution in [2.45, 2.75) is 19.2 Å². The summed E-state index contributed by atoms with van der Waals surface area (Å²) in [6.45, 7) is 0.902. The molecule has 1 rings (SSSR count). The number of esters is 1. The zero-order valence-electron chi connectivity index (χ0n) is 8.82. The Balaban J connectivity index is 2.95. The molecule has 1 aromatic rings. The molecule has 0 spiro atoms. The second kappa shape index (κ2) is 4.87. The SMILES string of the molecule is CC(OC(=O)C(F)(F)F)c1cc(F)c(F)cc1F. The van der Waals surface area contributed by atoms with Gasteiger partial charge in [-0.25, -0.2) is 18.0 Å². The van der Waals surface area contributed by atoms with Crippen molar-refractivity contribution in [3.05, 3.63) is 35.1 Å². The molecule has 1 unspecified atom stereocenters. The van der Waals surface area contributed by atoms with E-state index < -0.39 is 41.3 Å². The first kappa shape index (κ1) is 14.3. The maximum absolute atomic E-state index is 13.1. The normalized spacial score (nSPS) is 13.3. The molecule has 0 radical (unpaired) electrons. The Hall–Kier alpha value is -1.73. The highest BCUT2D eigenvalue weighted by Crippen LogP contribution is 2.26. The van der Waals surface area contributed by atoms with Crippen molar-refractivity contribution in [2.24, 2.45) is 0 Å². The number of carbonyl (C=O) groups excluding carboxylic acids is 1. The first-order valence-electron chi connectivity index (χ1n) is 4.55. The minimum absolute atomic E-state index is 0.155. The van der Waals surface area contributed by atoms with E-state index in [1.165, 1.54) is 0 Å².